The molecular formula is C22H26ClN3O4. The zero-order valence-electron chi connectivity index (χ0n) is 17.3. The predicted octanol–water partition coefficient (Wildman–Crippen LogP) is 3.98. The summed E-state index contributed by atoms with van der Waals surface area (Å²) in [7, 11) is 0. The third kappa shape index (κ3) is 6.56. The maximum atomic E-state index is 13.1. The molecule has 2 amide bonds. The molecule has 160 valence electrons. The van der Waals surface area contributed by atoms with Crippen molar-refractivity contribution < 1.29 is 14.5 Å². The van der Waals surface area contributed by atoms with E-state index in [-0.39, 0.29) is 36.4 Å². The average molecular weight is 432 g/mol. The molecule has 0 heterocycles. The lowest BCUT2D eigenvalue weighted by Gasteiger charge is -2.29. The highest BCUT2D eigenvalue weighted by atomic mass is 35.5. The Morgan fingerprint density at radius 3 is 2.33 bits per heavy atom. The molecular weight excluding hydrogens is 406 g/mol. The maximum absolute atomic E-state index is 13.1. The van der Waals surface area contributed by atoms with Crippen LogP contribution in [-0.2, 0) is 22.6 Å². The molecule has 0 fully saturated rings. The molecule has 2 aromatic rings. The van der Waals surface area contributed by atoms with Crippen LogP contribution >= 0.6 is 11.6 Å². The average Bonchev–Trinajstić information content (AvgIpc) is 2.71. The summed E-state index contributed by atoms with van der Waals surface area (Å²) in [5.41, 5.74) is 0.997. The monoisotopic (exact) mass is 431 g/mol. The van der Waals surface area contributed by atoms with Crippen molar-refractivity contribution in [1.29, 1.82) is 0 Å². The molecule has 0 spiro atoms. The summed E-state index contributed by atoms with van der Waals surface area (Å²) in [5.74, 6) is -0.367. The van der Waals surface area contributed by atoms with Gasteiger partial charge in [-0.3, -0.25) is 19.7 Å². The van der Waals surface area contributed by atoms with Crippen LogP contribution in [0.15, 0.2) is 48.5 Å². The van der Waals surface area contributed by atoms with Crippen molar-refractivity contribution in [3.05, 3.63) is 74.8 Å². The molecule has 0 radical (unpaired) electrons. The van der Waals surface area contributed by atoms with Gasteiger partial charge >= 0.3 is 0 Å². The summed E-state index contributed by atoms with van der Waals surface area (Å²) in [4.78, 5) is 38.0. The highest BCUT2D eigenvalue weighted by Gasteiger charge is 2.27. The molecule has 0 bridgehead atoms. The van der Waals surface area contributed by atoms with Crippen LogP contribution in [0.1, 0.15) is 31.9 Å². The van der Waals surface area contributed by atoms with E-state index in [1.165, 1.54) is 11.0 Å². The Morgan fingerprint density at radius 1 is 1.10 bits per heavy atom. The molecule has 0 saturated carbocycles. The van der Waals surface area contributed by atoms with Gasteiger partial charge in [0.05, 0.1) is 11.3 Å². The van der Waals surface area contributed by atoms with Crippen LogP contribution in [-0.4, -0.2) is 34.2 Å². The SMILES string of the molecule is CC(C)CNC(=O)[C@@H](C)N(Cc1ccc(Cl)cc1)C(=O)Cc1ccccc1[N+](=O)[O-]. The number of rotatable bonds is 9. The topological polar surface area (TPSA) is 92.6 Å². The largest absolute Gasteiger partial charge is 0.354 e. The summed E-state index contributed by atoms with van der Waals surface area (Å²) in [6.45, 7) is 6.30. The van der Waals surface area contributed by atoms with Crippen molar-refractivity contribution >= 4 is 29.1 Å². The van der Waals surface area contributed by atoms with E-state index >= 15 is 0 Å². The van der Waals surface area contributed by atoms with Crippen LogP contribution in [0, 0.1) is 16.0 Å². The van der Waals surface area contributed by atoms with E-state index in [0.29, 0.717) is 17.1 Å². The molecule has 0 aliphatic rings. The van der Waals surface area contributed by atoms with Gasteiger partial charge in [0.25, 0.3) is 5.69 Å². The van der Waals surface area contributed by atoms with Crippen molar-refractivity contribution in [2.75, 3.05) is 6.54 Å². The lowest BCUT2D eigenvalue weighted by molar-refractivity contribution is -0.385. The molecule has 0 aliphatic heterocycles. The van der Waals surface area contributed by atoms with E-state index in [0.717, 1.165) is 5.56 Å². The zero-order valence-corrected chi connectivity index (χ0v) is 18.1. The number of halogens is 1. The number of carbonyl (C=O) groups is 2. The second-order valence-corrected chi connectivity index (χ2v) is 7.96. The van der Waals surface area contributed by atoms with E-state index < -0.39 is 11.0 Å². The van der Waals surface area contributed by atoms with Crippen molar-refractivity contribution in [1.82, 2.24) is 10.2 Å². The Hall–Kier alpha value is -2.93. The minimum absolute atomic E-state index is 0.116. The molecule has 0 unspecified atom stereocenters. The summed E-state index contributed by atoms with van der Waals surface area (Å²) in [5, 5.41) is 14.7. The predicted molar refractivity (Wildman–Crippen MR) is 116 cm³/mol. The van der Waals surface area contributed by atoms with E-state index in [2.05, 4.69) is 5.32 Å². The first-order chi connectivity index (χ1) is 14.2. The van der Waals surface area contributed by atoms with Gasteiger partial charge < -0.3 is 10.2 Å². The molecule has 7 nitrogen and oxygen atoms in total. The van der Waals surface area contributed by atoms with E-state index in [4.69, 9.17) is 11.6 Å². The maximum Gasteiger partial charge on any atom is 0.273 e. The van der Waals surface area contributed by atoms with Gasteiger partial charge in [0.1, 0.15) is 6.04 Å². The quantitative estimate of drug-likeness (QED) is 0.480. The molecule has 0 aliphatic carbocycles. The molecule has 1 N–H and O–H groups in total. The highest BCUT2D eigenvalue weighted by molar-refractivity contribution is 6.30. The van der Waals surface area contributed by atoms with E-state index in [1.54, 1.807) is 49.4 Å². The fourth-order valence-corrected chi connectivity index (χ4v) is 3.05. The Kier molecular flexibility index (Phi) is 8.35. The summed E-state index contributed by atoms with van der Waals surface area (Å²) in [6, 6.07) is 12.4. The van der Waals surface area contributed by atoms with Gasteiger partial charge in [-0.05, 0) is 30.5 Å². The fraction of sp³-hybridized carbons (Fsp3) is 0.364. The van der Waals surface area contributed by atoms with Crippen LogP contribution in [0.25, 0.3) is 0 Å². The van der Waals surface area contributed by atoms with Crippen LogP contribution < -0.4 is 5.32 Å². The lowest BCUT2D eigenvalue weighted by atomic mass is 10.1. The standard InChI is InChI=1S/C22H26ClN3O4/c1-15(2)13-24-22(28)16(3)25(14-17-8-10-19(23)11-9-17)21(27)12-18-6-4-5-7-20(18)26(29)30/h4-11,15-16H,12-14H2,1-3H3,(H,24,28)/t16-/m1/s1. The summed E-state index contributed by atoms with van der Waals surface area (Å²) in [6.07, 6.45) is -0.174. The number of para-hydroxylation sites is 1. The Balaban J connectivity index is 2.27. The van der Waals surface area contributed by atoms with Crippen LogP contribution in [0.2, 0.25) is 5.02 Å². The Bertz CT molecular complexity index is 900. The number of nitro benzene ring substituents is 1. The number of nitro groups is 1. The van der Waals surface area contributed by atoms with Gasteiger partial charge in [0.2, 0.25) is 11.8 Å². The minimum Gasteiger partial charge on any atom is -0.354 e. The van der Waals surface area contributed by atoms with Gasteiger partial charge in [0, 0.05) is 29.7 Å². The van der Waals surface area contributed by atoms with Crippen LogP contribution in [0.5, 0.6) is 0 Å². The molecule has 0 aromatic heterocycles. The summed E-state index contributed by atoms with van der Waals surface area (Å²) < 4.78 is 0. The second kappa shape index (κ2) is 10.7. The summed E-state index contributed by atoms with van der Waals surface area (Å²) >= 11 is 5.94. The van der Waals surface area contributed by atoms with Gasteiger partial charge in [-0.1, -0.05) is 55.8 Å². The molecule has 2 rings (SSSR count). The number of hydrogen-bond acceptors (Lipinski definition) is 4. The first-order valence-electron chi connectivity index (χ1n) is 9.73. The number of benzene rings is 2. The van der Waals surface area contributed by atoms with Crippen molar-refractivity contribution in [3.63, 3.8) is 0 Å². The zero-order chi connectivity index (χ0) is 22.3. The van der Waals surface area contributed by atoms with Gasteiger partial charge in [-0.2, -0.15) is 0 Å². The molecule has 30 heavy (non-hydrogen) atoms. The third-order valence-corrected chi connectivity index (χ3v) is 4.90. The first kappa shape index (κ1) is 23.3. The number of carbonyl (C=O) groups excluding carboxylic acids is 2. The minimum atomic E-state index is -0.741. The third-order valence-electron chi connectivity index (χ3n) is 4.65. The second-order valence-electron chi connectivity index (χ2n) is 7.53. The lowest BCUT2D eigenvalue weighted by Crippen LogP contribution is -2.48. The Morgan fingerprint density at radius 2 is 1.73 bits per heavy atom. The Labute approximate surface area is 181 Å². The first-order valence-corrected chi connectivity index (χ1v) is 10.1. The smallest absolute Gasteiger partial charge is 0.273 e. The van der Waals surface area contributed by atoms with E-state index in [9.17, 15) is 19.7 Å². The fourth-order valence-electron chi connectivity index (χ4n) is 2.92. The van der Waals surface area contributed by atoms with Gasteiger partial charge in [-0.25, -0.2) is 0 Å². The number of hydrogen-bond donors (Lipinski definition) is 1. The molecule has 0 saturated heterocycles. The number of amides is 2. The number of nitrogens with zero attached hydrogens (tertiary/aromatic N) is 2. The number of nitrogens with one attached hydrogen (secondary N) is 1. The van der Waals surface area contributed by atoms with Crippen molar-refractivity contribution in [3.8, 4) is 0 Å². The molecule has 1 atom stereocenters. The molecule has 2 aromatic carbocycles. The normalized spacial score (nSPS) is 11.8. The van der Waals surface area contributed by atoms with Crippen molar-refractivity contribution in [2.45, 2.75) is 39.8 Å². The van der Waals surface area contributed by atoms with Crippen LogP contribution in [0.4, 0.5) is 5.69 Å². The molecule has 8 heteroatoms. The van der Waals surface area contributed by atoms with Gasteiger partial charge in [0.15, 0.2) is 0 Å². The van der Waals surface area contributed by atoms with Crippen LogP contribution in [0.3, 0.4) is 0 Å². The van der Waals surface area contributed by atoms with Crippen molar-refractivity contribution in [2.24, 2.45) is 5.92 Å². The van der Waals surface area contributed by atoms with E-state index in [1.807, 2.05) is 13.8 Å². The van der Waals surface area contributed by atoms with Gasteiger partial charge in [-0.15, -0.1) is 0 Å². The highest BCUT2D eigenvalue weighted by Crippen LogP contribution is 2.21.